The third-order valence-corrected chi connectivity index (χ3v) is 7.25. The summed E-state index contributed by atoms with van der Waals surface area (Å²) in [5, 5.41) is 0. The van der Waals surface area contributed by atoms with E-state index in [1.54, 1.807) is 5.57 Å². The van der Waals surface area contributed by atoms with Crippen LogP contribution in [-0.4, -0.2) is 5.78 Å². The molecule has 154 valence electrons. The topological polar surface area (TPSA) is 17.1 Å². The van der Waals surface area contributed by atoms with Crippen LogP contribution >= 0.6 is 0 Å². The summed E-state index contributed by atoms with van der Waals surface area (Å²) in [4.78, 5) is 12.9. The second-order valence-corrected chi connectivity index (χ2v) is 10.1. The number of rotatable bonds is 6. The van der Waals surface area contributed by atoms with Gasteiger partial charge >= 0.3 is 0 Å². The minimum absolute atomic E-state index is 0.0806. The first-order valence-corrected chi connectivity index (χ1v) is 11.6. The molecule has 0 heterocycles. The van der Waals surface area contributed by atoms with Crippen LogP contribution in [0.2, 0.25) is 0 Å². The summed E-state index contributed by atoms with van der Waals surface area (Å²) in [5.41, 5.74) is 8.11. The van der Waals surface area contributed by atoms with Gasteiger partial charge in [0.15, 0.2) is 0 Å². The van der Waals surface area contributed by atoms with E-state index in [0.29, 0.717) is 24.0 Å². The molecule has 0 saturated heterocycles. The van der Waals surface area contributed by atoms with Gasteiger partial charge < -0.3 is 0 Å². The number of allylic oxidation sites excluding steroid dienone is 5. The Morgan fingerprint density at radius 2 is 1.72 bits per heavy atom. The molecule has 0 spiro atoms. The van der Waals surface area contributed by atoms with Gasteiger partial charge in [0.25, 0.3) is 0 Å². The molecule has 1 saturated carbocycles. The van der Waals surface area contributed by atoms with Crippen molar-refractivity contribution in [1.29, 1.82) is 0 Å². The van der Waals surface area contributed by atoms with Crippen molar-refractivity contribution in [3.8, 4) is 0 Å². The Balaban J connectivity index is 1.69. The van der Waals surface area contributed by atoms with Crippen LogP contribution in [0.15, 0.2) is 59.2 Å². The quantitative estimate of drug-likeness (QED) is 0.505. The molecule has 2 atom stereocenters. The summed E-state index contributed by atoms with van der Waals surface area (Å²) in [7, 11) is 0. The SMILES string of the molecule is C=C1CC(=O)C(CC(C)C)C2=C1C(Cc1ccc(C)cc1)C(CC1CCCC1)=C2. The summed E-state index contributed by atoms with van der Waals surface area (Å²) in [5.74, 6) is 2.25. The standard InChI is InChI=1S/C28H36O/c1-18(2)13-25-26-17-23(15-21-7-5-6-8-21)24(28(26)20(4)14-27(25)29)16-22-11-9-19(3)10-12-22/h9-12,17-18,21,24-25H,4-8,13-16H2,1-3H3. The maximum absolute atomic E-state index is 12.9. The van der Waals surface area contributed by atoms with E-state index >= 15 is 0 Å². The van der Waals surface area contributed by atoms with Gasteiger partial charge in [-0.05, 0) is 60.3 Å². The van der Waals surface area contributed by atoms with E-state index in [9.17, 15) is 4.79 Å². The van der Waals surface area contributed by atoms with Crippen LogP contribution in [-0.2, 0) is 11.2 Å². The fourth-order valence-corrected chi connectivity index (χ4v) is 5.78. The highest BCUT2D eigenvalue weighted by atomic mass is 16.1. The Labute approximate surface area is 177 Å². The average Bonchev–Trinajstić information content (AvgIpc) is 3.29. The molecule has 1 heteroatoms. The summed E-state index contributed by atoms with van der Waals surface area (Å²) < 4.78 is 0. The highest BCUT2D eigenvalue weighted by Crippen LogP contribution is 2.49. The van der Waals surface area contributed by atoms with Crippen molar-refractivity contribution in [2.75, 3.05) is 0 Å². The molecule has 0 aliphatic heterocycles. The smallest absolute Gasteiger partial charge is 0.144 e. The number of hydrogen-bond donors (Lipinski definition) is 0. The van der Waals surface area contributed by atoms with Gasteiger partial charge in [0.2, 0.25) is 0 Å². The van der Waals surface area contributed by atoms with Crippen molar-refractivity contribution in [3.63, 3.8) is 0 Å². The number of Topliss-reactive ketones (excluding diaryl/α,β-unsaturated/α-hetero) is 1. The molecule has 1 fully saturated rings. The third kappa shape index (κ3) is 4.34. The predicted octanol–water partition coefficient (Wildman–Crippen LogP) is 7.16. The Bertz CT molecular complexity index is 843. The van der Waals surface area contributed by atoms with Crippen LogP contribution in [0.4, 0.5) is 0 Å². The lowest BCUT2D eigenvalue weighted by molar-refractivity contribution is -0.121. The van der Waals surface area contributed by atoms with Crippen molar-refractivity contribution in [2.24, 2.45) is 23.7 Å². The van der Waals surface area contributed by atoms with Gasteiger partial charge in [-0.15, -0.1) is 0 Å². The second-order valence-electron chi connectivity index (χ2n) is 10.1. The van der Waals surface area contributed by atoms with E-state index in [1.165, 1.54) is 54.4 Å². The number of hydrogen-bond acceptors (Lipinski definition) is 1. The first-order chi connectivity index (χ1) is 13.9. The lowest BCUT2D eigenvalue weighted by Crippen LogP contribution is -2.25. The molecule has 1 aromatic rings. The van der Waals surface area contributed by atoms with Gasteiger partial charge in [0.05, 0.1) is 0 Å². The van der Waals surface area contributed by atoms with Crippen molar-refractivity contribution in [1.82, 2.24) is 0 Å². The maximum atomic E-state index is 12.9. The molecule has 1 aromatic carbocycles. The molecule has 0 bridgehead atoms. The summed E-state index contributed by atoms with van der Waals surface area (Å²) >= 11 is 0. The fraction of sp³-hybridized carbons (Fsp3) is 0.536. The summed E-state index contributed by atoms with van der Waals surface area (Å²) in [6.45, 7) is 11.0. The van der Waals surface area contributed by atoms with E-state index in [4.69, 9.17) is 0 Å². The highest BCUT2D eigenvalue weighted by Gasteiger charge is 2.39. The highest BCUT2D eigenvalue weighted by molar-refractivity contribution is 5.91. The lowest BCUT2D eigenvalue weighted by atomic mass is 9.73. The Morgan fingerprint density at radius 1 is 1.03 bits per heavy atom. The van der Waals surface area contributed by atoms with Gasteiger partial charge in [0.1, 0.15) is 5.78 Å². The molecule has 1 nitrogen and oxygen atoms in total. The van der Waals surface area contributed by atoms with Crippen LogP contribution in [0.5, 0.6) is 0 Å². The first-order valence-electron chi connectivity index (χ1n) is 11.6. The van der Waals surface area contributed by atoms with Crippen molar-refractivity contribution in [2.45, 2.75) is 72.1 Å². The van der Waals surface area contributed by atoms with Crippen molar-refractivity contribution >= 4 is 5.78 Å². The normalized spacial score (nSPS) is 25.2. The summed E-state index contributed by atoms with van der Waals surface area (Å²) in [6.07, 6.45) is 11.7. The first kappa shape index (κ1) is 20.4. The number of ketones is 1. The number of carbonyl (C=O) groups excluding carboxylic acids is 1. The van der Waals surface area contributed by atoms with Crippen LogP contribution in [0, 0.1) is 30.6 Å². The monoisotopic (exact) mass is 388 g/mol. The van der Waals surface area contributed by atoms with Gasteiger partial charge in [-0.25, -0.2) is 0 Å². The lowest BCUT2D eigenvalue weighted by Gasteiger charge is -2.29. The molecular formula is C28H36O. The van der Waals surface area contributed by atoms with Gasteiger partial charge in [-0.3, -0.25) is 4.79 Å². The Hall–Kier alpha value is -1.89. The summed E-state index contributed by atoms with van der Waals surface area (Å²) in [6, 6.07) is 9.01. The molecule has 29 heavy (non-hydrogen) atoms. The predicted molar refractivity (Wildman–Crippen MR) is 122 cm³/mol. The maximum Gasteiger partial charge on any atom is 0.144 e. The molecule has 3 aliphatic rings. The van der Waals surface area contributed by atoms with Crippen molar-refractivity contribution < 1.29 is 4.79 Å². The minimum Gasteiger partial charge on any atom is -0.299 e. The molecular weight excluding hydrogens is 352 g/mol. The molecule has 0 aromatic heterocycles. The average molecular weight is 389 g/mol. The number of carbonyl (C=O) groups is 1. The minimum atomic E-state index is 0.0806. The molecule has 0 N–H and O–H groups in total. The van der Waals surface area contributed by atoms with E-state index in [2.05, 4.69) is 57.7 Å². The molecule has 3 aliphatic carbocycles. The second kappa shape index (κ2) is 8.46. The molecule has 0 amide bonds. The van der Waals surface area contributed by atoms with E-state index in [-0.39, 0.29) is 5.92 Å². The van der Waals surface area contributed by atoms with Crippen LogP contribution in [0.1, 0.15) is 69.9 Å². The van der Waals surface area contributed by atoms with E-state index < -0.39 is 0 Å². The van der Waals surface area contributed by atoms with Crippen LogP contribution < -0.4 is 0 Å². The molecule has 4 rings (SSSR count). The fourth-order valence-electron chi connectivity index (χ4n) is 5.78. The number of aryl methyl sites for hydroxylation is 1. The zero-order valence-electron chi connectivity index (χ0n) is 18.5. The Kier molecular flexibility index (Phi) is 5.95. The largest absolute Gasteiger partial charge is 0.299 e. The van der Waals surface area contributed by atoms with Gasteiger partial charge in [-0.1, -0.05) is 87.6 Å². The van der Waals surface area contributed by atoms with Gasteiger partial charge in [-0.2, -0.15) is 0 Å². The zero-order chi connectivity index (χ0) is 20.5. The Morgan fingerprint density at radius 3 is 2.38 bits per heavy atom. The van der Waals surface area contributed by atoms with E-state index in [1.807, 2.05) is 0 Å². The molecule has 2 unspecified atom stereocenters. The van der Waals surface area contributed by atoms with Crippen LogP contribution in [0.3, 0.4) is 0 Å². The number of benzene rings is 1. The van der Waals surface area contributed by atoms with Gasteiger partial charge in [0, 0.05) is 18.3 Å². The molecule has 0 radical (unpaired) electrons. The van der Waals surface area contributed by atoms with E-state index in [0.717, 1.165) is 24.3 Å². The van der Waals surface area contributed by atoms with Crippen molar-refractivity contribution in [3.05, 3.63) is 70.3 Å². The zero-order valence-corrected chi connectivity index (χ0v) is 18.5. The van der Waals surface area contributed by atoms with Crippen LogP contribution in [0.25, 0.3) is 0 Å². The third-order valence-electron chi connectivity index (χ3n) is 7.25.